The number of hydrogen-bond donors (Lipinski definition) is 1. The molecule has 0 spiro atoms. The van der Waals surface area contributed by atoms with Gasteiger partial charge in [-0.05, 0) is 55.6 Å². The van der Waals surface area contributed by atoms with E-state index in [9.17, 15) is 9.59 Å². The minimum absolute atomic E-state index is 0.306. The summed E-state index contributed by atoms with van der Waals surface area (Å²) in [5.74, 6) is -0.306. The number of morpholine rings is 1. The highest BCUT2D eigenvalue weighted by Gasteiger charge is 2.32. The molecule has 30 heavy (non-hydrogen) atoms. The number of thiophene rings is 1. The standard InChI is InChI=1S/C22H24N4O3S/c1-22(2,26-20(27)10-9-18(24-26)19-4-3-15-30-19)21(28)23-16-5-7-17(8-6-16)25-11-13-29-14-12-25/h3-10,15H,11-14H2,1-2H3,(H,23,28). The molecule has 1 aromatic carbocycles. The molecule has 1 fully saturated rings. The third-order valence-electron chi connectivity index (χ3n) is 5.16. The lowest BCUT2D eigenvalue weighted by atomic mass is 10.0. The van der Waals surface area contributed by atoms with Crippen LogP contribution in [0, 0.1) is 0 Å². The van der Waals surface area contributed by atoms with Gasteiger partial charge >= 0.3 is 0 Å². The van der Waals surface area contributed by atoms with Crippen LogP contribution in [0.15, 0.2) is 58.7 Å². The Labute approximate surface area is 178 Å². The van der Waals surface area contributed by atoms with Crippen molar-refractivity contribution in [3.63, 3.8) is 0 Å². The molecular weight excluding hydrogens is 400 g/mol. The highest BCUT2D eigenvalue weighted by atomic mass is 32.1. The van der Waals surface area contributed by atoms with Gasteiger partial charge in [0.25, 0.3) is 11.5 Å². The van der Waals surface area contributed by atoms with E-state index in [1.54, 1.807) is 19.9 Å². The van der Waals surface area contributed by atoms with E-state index in [0.717, 1.165) is 36.9 Å². The molecule has 0 radical (unpaired) electrons. The first-order valence-electron chi connectivity index (χ1n) is 9.84. The fraction of sp³-hybridized carbons (Fsp3) is 0.318. The van der Waals surface area contributed by atoms with Crippen molar-refractivity contribution in [1.29, 1.82) is 0 Å². The largest absolute Gasteiger partial charge is 0.378 e. The van der Waals surface area contributed by atoms with Gasteiger partial charge in [0.15, 0.2) is 0 Å². The molecule has 0 atom stereocenters. The lowest BCUT2D eigenvalue weighted by Gasteiger charge is -2.29. The molecule has 2 aromatic heterocycles. The molecule has 1 saturated heterocycles. The quantitative estimate of drug-likeness (QED) is 0.681. The summed E-state index contributed by atoms with van der Waals surface area (Å²) in [7, 11) is 0. The van der Waals surface area contributed by atoms with Crippen molar-refractivity contribution in [1.82, 2.24) is 9.78 Å². The molecule has 4 rings (SSSR count). The van der Waals surface area contributed by atoms with Crippen LogP contribution in [0.4, 0.5) is 11.4 Å². The number of amides is 1. The van der Waals surface area contributed by atoms with Crippen LogP contribution in [0.1, 0.15) is 13.8 Å². The van der Waals surface area contributed by atoms with E-state index in [1.165, 1.54) is 22.1 Å². The molecule has 1 aliphatic rings. The summed E-state index contributed by atoms with van der Waals surface area (Å²) in [6.07, 6.45) is 0. The van der Waals surface area contributed by atoms with E-state index >= 15 is 0 Å². The van der Waals surface area contributed by atoms with Crippen molar-refractivity contribution >= 4 is 28.6 Å². The van der Waals surface area contributed by atoms with Gasteiger partial charge < -0.3 is 15.0 Å². The molecule has 1 amide bonds. The minimum Gasteiger partial charge on any atom is -0.378 e. The van der Waals surface area contributed by atoms with E-state index in [4.69, 9.17) is 4.74 Å². The SMILES string of the molecule is CC(C)(C(=O)Nc1ccc(N2CCOCC2)cc1)n1nc(-c2cccs2)ccc1=O. The van der Waals surface area contributed by atoms with Crippen LogP contribution in [0.2, 0.25) is 0 Å². The van der Waals surface area contributed by atoms with Gasteiger partial charge in [0.05, 0.1) is 18.1 Å². The van der Waals surface area contributed by atoms with E-state index in [1.807, 2.05) is 41.8 Å². The highest BCUT2D eigenvalue weighted by molar-refractivity contribution is 7.13. The Hall–Kier alpha value is -2.97. The van der Waals surface area contributed by atoms with Crippen LogP contribution in [0.3, 0.4) is 0 Å². The normalized spacial score (nSPS) is 14.5. The van der Waals surface area contributed by atoms with Crippen molar-refractivity contribution in [2.45, 2.75) is 19.4 Å². The van der Waals surface area contributed by atoms with Gasteiger partial charge in [0.2, 0.25) is 0 Å². The number of benzene rings is 1. The van der Waals surface area contributed by atoms with Crippen LogP contribution >= 0.6 is 11.3 Å². The van der Waals surface area contributed by atoms with Crippen molar-refractivity contribution in [2.75, 3.05) is 36.5 Å². The number of hydrogen-bond acceptors (Lipinski definition) is 6. The zero-order chi connectivity index (χ0) is 21.1. The summed E-state index contributed by atoms with van der Waals surface area (Å²) in [5, 5.41) is 9.32. The van der Waals surface area contributed by atoms with Gasteiger partial charge in [-0.3, -0.25) is 9.59 Å². The molecular formula is C22H24N4O3S. The van der Waals surface area contributed by atoms with Crippen molar-refractivity contribution in [2.24, 2.45) is 0 Å². The average Bonchev–Trinajstić information content (AvgIpc) is 3.30. The Morgan fingerprint density at radius 1 is 1.10 bits per heavy atom. The summed E-state index contributed by atoms with van der Waals surface area (Å²) in [4.78, 5) is 28.7. The summed E-state index contributed by atoms with van der Waals surface area (Å²) in [6.45, 7) is 6.54. The van der Waals surface area contributed by atoms with Crippen LogP contribution in [-0.2, 0) is 15.1 Å². The Morgan fingerprint density at radius 3 is 2.50 bits per heavy atom. The molecule has 0 unspecified atom stereocenters. The monoisotopic (exact) mass is 424 g/mol. The van der Waals surface area contributed by atoms with Gasteiger partial charge in [-0.25, -0.2) is 4.68 Å². The third-order valence-corrected chi connectivity index (χ3v) is 6.05. The smallest absolute Gasteiger partial charge is 0.267 e. The maximum absolute atomic E-state index is 13.0. The third kappa shape index (κ3) is 4.15. The second kappa shape index (κ2) is 8.41. The molecule has 3 heterocycles. The van der Waals surface area contributed by atoms with E-state index in [-0.39, 0.29) is 11.5 Å². The second-order valence-electron chi connectivity index (χ2n) is 7.61. The fourth-order valence-corrected chi connectivity index (χ4v) is 4.02. The van der Waals surface area contributed by atoms with Gasteiger partial charge in [-0.15, -0.1) is 11.3 Å². The molecule has 1 N–H and O–H groups in total. The van der Waals surface area contributed by atoms with Crippen molar-refractivity contribution in [3.05, 3.63) is 64.3 Å². The van der Waals surface area contributed by atoms with E-state index in [0.29, 0.717) is 11.4 Å². The van der Waals surface area contributed by atoms with Gasteiger partial charge in [0, 0.05) is 30.5 Å². The topological polar surface area (TPSA) is 76.5 Å². The Bertz CT molecular complexity index is 1070. The first kappa shape index (κ1) is 20.3. The van der Waals surface area contributed by atoms with Gasteiger partial charge in [0.1, 0.15) is 11.2 Å². The number of aromatic nitrogens is 2. The molecule has 8 heteroatoms. The summed E-state index contributed by atoms with van der Waals surface area (Å²) >= 11 is 1.53. The van der Waals surface area contributed by atoms with Crippen molar-refractivity contribution in [3.8, 4) is 10.6 Å². The summed E-state index contributed by atoms with van der Waals surface area (Å²) < 4.78 is 6.64. The zero-order valence-corrected chi connectivity index (χ0v) is 17.8. The molecule has 1 aliphatic heterocycles. The van der Waals surface area contributed by atoms with Crippen LogP contribution < -0.4 is 15.8 Å². The summed E-state index contributed by atoms with van der Waals surface area (Å²) in [5.41, 5.74) is 0.954. The maximum Gasteiger partial charge on any atom is 0.267 e. The van der Waals surface area contributed by atoms with Crippen molar-refractivity contribution < 1.29 is 9.53 Å². The number of nitrogens with one attached hydrogen (secondary N) is 1. The number of rotatable bonds is 5. The first-order chi connectivity index (χ1) is 14.4. The number of nitrogens with zero attached hydrogens (tertiary/aromatic N) is 3. The molecule has 0 aliphatic carbocycles. The predicted octanol–water partition coefficient (Wildman–Crippen LogP) is 3.18. The Kier molecular flexibility index (Phi) is 5.69. The molecule has 7 nitrogen and oxygen atoms in total. The van der Waals surface area contributed by atoms with Gasteiger partial charge in [-0.2, -0.15) is 5.10 Å². The average molecular weight is 425 g/mol. The number of carbonyl (C=O) groups is 1. The maximum atomic E-state index is 13.0. The number of carbonyl (C=O) groups excluding carboxylic acids is 1. The second-order valence-corrected chi connectivity index (χ2v) is 8.55. The van der Waals surface area contributed by atoms with E-state index in [2.05, 4.69) is 15.3 Å². The Morgan fingerprint density at radius 2 is 1.83 bits per heavy atom. The lowest BCUT2D eigenvalue weighted by Crippen LogP contribution is -2.47. The van der Waals surface area contributed by atoms with Gasteiger partial charge in [-0.1, -0.05) is 6.07 Å². The lowest BCUT2D eigenvalue weighted by molar-refractivity contribution is -0.123. The van der Waals surface area contributed by atoms with Crippen LogP contribution in [0.5, 0.6) is 0 Å². The summed E-state index contributed by atoms with van der Waals surface area (Å²) in [6, 6.07) is 14.7. The highest BCUT2D eigenvalue weighted by Crippen LogP contribution is 2.24. The minimum atomic E-state index is -1.16. The molecule has 3 aromatic rings. The number of ether oxygens (including phenoxy) is 1. The number of anilines is 2. The molecule has 0 bridgehead atoms. The Balaban J connectivity index is 1.52. The van der Waals surface area contributed by atoms with Crippen LogP contribution in [0.25, 0.3) is 10.6 Å². The van der Waals surface area contributed by atoms with E-state index < -0.39 is 5.54 Å². The molecule has 0 saturated carbocycles. The molecule has 156 valence electrons. The predicted molar refractivity (Wildman–Crippen MR) is 119 cm³/mol. The fourth-order valence-electron chi connectivity index (χ4n) is 3.32. The van der Waals surface area contributed by atoms with Crippen LogP contribution in [-0.4, -0.2) is 42.0 Å². The zero-order valence-electron chi connectivity index (χ0n) is 17.0. The first-order valence-corrected chi connectivity index (χ1v) is 10.7.